The fourth-order valence-corrected chi connectivity index (χ4v) is 2.35. The first kappa shape index (κ1) is 19.5. The van der Waals surface area contributed by atoms with E-state index in [2.05, 4.69) is 20.4 Å². The van der Waals surface area contributed by atoms with Crippen LogP contribution in [0.3, 0.4) is 0 Å². The summed E-state index contributed by atoms with van der Waals surface area (Å²) < 4.78 is 50.7. The summed E-state index contributed by atoms with van der Waals surface area (Å²) in [5.41, 5.74) is -0.388. The number of aromatic nitrogens is 4. The van der Waals surface area contributed by atoms with Crippen LogP contribution in [0, 0.1) is 6.92 Å². The molecule has 0 aliphatic carbocycles. The summed E-state index contributed by atoms with van der Waals surface area (Å²) in [4.78, 5) is 20.5. The molecule has 0 saturated heterocycles. The molecule has 3 aromatic rings. The number of anilines is 1. The van der Waals surface area contributed by atoms with Crippen LogP contribution in [0.5, 0.6) is 5.75 Å². The summed E-state index contributed by atoms with van der Waals surface area (Å²) in [7, 11) is 1.46. The van der Waals surface area contributed by atoms with Gasteiger partial charge in [-0.15, -0.1) is 5.10 Å². The van der Waals surface area contributed by atoms with Gasteiger partial charge in [0.1, 0.15) is 12.4 Å². The minimum absolute atomic E-state index is 0.0662. The molecule has 0 atom stereocenters. The van der Waals surface area contributed by atoms with E-state index in [1.165, 1.54) is 17.8 Å². The summed E-state index contributed by atoms with van der Waals surface area (Å²) in [6.45, 7) is 2.08. The van der Waals surface area contributed by atoms with Gasteiger partial charge in [-0.1, -0.05) is 0 Å². The fraction of sp³-hybridized carbons (Fsp3) is 0.294. The number of hydrogen-bond donors (Lipinski definition) is 1. The Morgan fingerprint density at radius 3 is 2.71 bits per heavy atom. The lowest BCUT2D eigenvalue weighted by molar-refractivity contribution is -0.137. The van der Waals surface area contributed by atoms with Gasteiger partial charge < -0.3 is 14.8 Å². The number of aryl methyl sites for hydroxylation is 1. The highest BCUT2D eigenvalue weighted by Gasteiger charge is 2.31. The first-order chi connectivity index (χ1) is 13.3. The second-order valence-corrected chi connectivity index (χ2v) is 5.74. The van der Waals surface area contributed by atoms with Crippen molar-refractivity contribution in [2.75, 3.05) is 25.6 Å². The van der Waals surface area contributed by atoms with E-state index in [4.69, 9.17) is 9.47 Å². The lowest BCUT2D eigenvalue weighted by Gasteiger charge is -2.14. The van der Waals surface area contributed by atoms with Gasteiger partial charge in [0.15, 0.2) is 0 Å². The Morgan fingerprint density at radius 2 is 2.04 bits per heavy atom. The van der Waals surface area contributed by atoms with Crippen molar-refractivity contribution >= 4 is 17.4 Å². The van der Waals surface area contributed by atoms with Gasteiger partial charge in [-0.05, 0) is 31.2 Å². The van der Waals surface area contributed by atoms with Crippen LogP contribution in [0.1, 0.15) is 21.9 Å². The largest absolute Gasteiger partial charge is 0.489 e. The Bertz CT molecular complexity index is 1000. The molecular weight excluding hydrogens is 379 g/mol. The van der Waals surface area contributed by atoms with Gasteiger partial charge >= 0.3 is 6.18 Å². The molecule has 0 saturated carbocycles. The highest BCUT2D eigenvalue weighted by Crippen LogP contribution is 2.35. The molecule has 1 aromatic carbocycles. The van der Waals surface area contributed by atoms with Crippen LogP contribution < -0.4 is 10.1 Å². The van der Waals surface area contributed by atoms with Crippen molar-refractivity contribution in [3.8, 4) is 5.75 Å². The fourth-order valence-electron chi connectivity index (χ4n) is 2.35. The van der Waals surface area contributed by atoms with Crippen LogP contribution in [-0.4, -0.2) is 45.8 Å². The maximum Gasteiger partial charge on any atom is 0.416 e. The van der Waals surface area contributed by atoms with E-state index in [0.29, 0.717) is 5.69 Å². The summed E-state index contributed by atoms with van der Waals surface area (Å²) in [5.74, 6) is -0.759. The summed E-state index contributed by atoms with van der Waals surface area (Å²) >= 11 is 0. The number of ether oxygens (including phenoxy) is 2. The summed E-state index contributed by atoms with van der Waals surface area (Å²) in [5, 5.41) is 6.41. The van der Waals surface area contributed by atoms with Crippen LogP contribution >= 0.6 is 0 Å². The smallest absolute Gasteiger partial charge is 0.416 e. The van der Waals surface area contributed by atoms with E-state index in [1.807, 2.05) is 0 Å². The number of nitrogens with zero attached hydrogens (tertiary/aromatic N) is 4. The van der Waals surface area contributed by atoms with E-state index < -0.39 is 17.6 Å². The minimum Gasteiger partial charge on any atom is -0.489 e. The van der Waals surface area contributed by atoms with E-state index in [1.54, 1.807) is 13.0 Å². The number of benzene rings is 1. The van der Waals surface area contributed by atoms with Crippen molar-refractivity contribution in [2.45, 2.75) is 13.1 Å². The summed E-state index contributed by atoms with van der Waals surface area (Å²) in [6.07, 6.45) is -3.07. The van der Waals surface area contributed by atoms with Crippen LogP contribution in [0.4, 0.5) is 18.9 Å². The molecule has 0 aliphatic rings. The Morgan fingerprint density at radius 1 is 1.25 bits per heavy atom. The number of methoxy groups -OCH3 is 1. The number of alkyl halides is 3. The van der Waals surface area contributed by atoms with Crippen LogP contribution in [0.2, 0.25) is 0 Å². The average Bonchev–Trinajstić information content (AvgIpc) is 3.08. The zero-order chi connectivity index (χ0) is 20.3. The van der Waals surface area contributed by atoms with Gasteiger partial charge in [-0.25, -0.2) is 9.50 Å². The Hall–Kier alpha value is -3.21. The quantitative estimate of drug-likeness (QED) is 0.646. The van der Waals surface area contributed by atoms with Crippen molar-refractivity contribution in [1.29, 1.82) is 0 Å². The highest BCUT2D eigenvalue weighted by molar-refractivity contribution is 6.02. The van der Waals surface area contributed by atoms with Gasteiger partial charge in [0.2, 0.25) is 5.82 Å². The number of nitrogens with one attached hydrogen (secondary N) is 1. The molecule has 0 spiro atoms. The molecule has 3 rings (SSSR count). The number of halogens is 3. The SMILES string of the molecule is COCCOc1ccc(C(F)(F)F)cc1NC(=O)c1nc2nccc(C)n2n1. The molecule has 2 heterocycles. The standard InChI is InChI=1S/C17H16F3N5O3/c1-10-5-6-21-16-23-14(24-25(10)16)15(26)22-12-9-11(17(18,19)20)3-4-13(12)28-8-7-27-2/h3-6,9H,7-8H2,1-2H3,(H,22,26). The molecule has 1 N–H and O–H groups in total. The van der Waals surface area contributed by atoms with E-state index >= 15 is 0 Å². The van der Waals surface area contributed by atoms with Crippen LogP contribution in [-0.2, 0) is 10.9 Å². The molecule has 0 radical (unpaired) electrons. The summed E-state index contributed by atoms with van der Waals surface area (Å²) in [6, 6.07) is 4.47. The zero-order valence-electron chi connectivity index (χ0n) is 14.9. The van der Waals surface area contributed by atoms with Gasteiger partial charge in [-0.3, -0.25) is 4.79 Å². The first-order valence-electron chi connectivity index (χ1n) is 8.12. The predicted octanol–water partition coefficient (Wildman–Crippen LogP) is 2.73. The average molecular weight is 395 g/mol. The van der Waals surface area contributed by atoms with Crippen LogP contribution in [0.15, 0.2) is 30.5 Å². The second-order valence-electron chi connectivity index (χ2n) is 5.74. The second kappa shape index (κ2) is 7.80. The monoisotopic (exact) mass is 395 g/mol. The molecule has 148 valence electrons. The third kappa shape index (κ3) is 4.19. The zero-order valence-corrected chi connectivity index (χ0v) is 14.9. The van der Waals surface area contributed by atoms with Crippen molar-refractivity contribution in [1.82, 2.24) is 19.6 Å². The lowest BCUT2D eigenvalue weighted by Crippen LogP contribution is -2.16. The van der Waals surface area contributed by atoms with Gasteiger partial charge in [0.05, 0.1) is 17.9 Å². The molecular formula is C17H16F3N5O3. The predicted molar refractivity (Wildman–Crippen MR) is 92.3 cm³/mol. The van der Waals surface area contributed by atoms with Gasteiger partial charge in [-0.2, -0.15) is 18.2 Å². The van der Waals surface area contributed by atoms with E-state index in [0.717, 1.165) is 18.2 Å². The van der Waals surface area contributed by atoms with Crippen molar-refractivity contribution < 1.29 is 27.4 Å². The van der Waals surface area contributed by atoms with Crippen molar-refractivity contribution in [3.63, 3.8) is 0 Å². The number of carbonyl (C=O) groups is 1. The molecule has 1 amide bonds. The van der Waals surface area contributed by atoms with Gasteiger partial charge in [0, 0.05) is 19.0 Å². The molecule has 0 bridgehead atoms. The molecule has 0 aliphatic heterocycles. The van der Waals surface area contributed by atoms with Crippen LogP contribution in [0.25, 0.3) is 5.78 Å². The highest BCUT2D eigenvalue weighted by atomic mass is 19.4. The Labute approximate surface area is 157 Å². The normalized spacial score (nSPS) is 11.6. The maximum atomic E-state index is 13.0. The number of amides is 1. The maximum absolute atomic E-state index is 13.0. The lowest BCUT2D eigenvalue weighted by atomic mass is 10.1. The Kier molecular flexibility index (Phi) is 5.45. The number of carbonyl (C=O) groups excluding carboxylic acids is 1. The number of hydrogen-bond acceptors (Lipinski definition) is 6. The number of fused-ring (bicyclic) bond motifs is 1. The molecule has 11 heteroatoms. The molecule has 28 heavy (non-hydrogen) atoms. The Balaban J connectivity index is 1.91. The van der Waals surface area contributed by atoms with E-state index in [-0.39, 0.29) is 36.3 Å². The minimum atomic E-state index is -4.58. The van der Waals surface area contributed by atoms with Crippen molar-refractivity contribution in [3.05, 3.63) is 47.5 Å². The molecule has 2 aromatic heterocycles. The van der Waals surface area contributed by atoms with Gasteiger partial charge in [0.25, 0.3) is 11.7 Å². The molecule has 8 nitrogen and oxygen atoms in total. The third-order valence-electron chi connectivity index (χ3n) is 3.73. The molecule has 0 fully saturated rings. The molecule has 0 unspecified atom stereocenters. The third-order valence-corrected chi connectivity index (χ3v) is 3.73. The topological polar surface area (TPSA) is 90.6 Å². The number of rotatable bonds is 6. The van der Waals surface area contributed by atoms with E-state index in [9.17, 15) is 18.0 Å². The van der Waals surface area contributed by atoms with Crippen molar-refractivity contribution in [2.24, 2.45) is 0 Å². The first-order valence-corrected chi connectivity index (χ1v) is 8.12.